The molecule has 1 aromatic rings. The van der Waals surface area contributed by atoms with Crippen molar-refractivity contribution in [1.29, 1.82) is 0 Å². The summed E-state index contributed by atoms with van der Waals surface area (Å²) in [6.07, 6.45) is 5.17. The molecule has 2 atom stereocenters. The van der Waals surface area contributed by atoms with Gasteiger partial charge in [-0.1, -0.05) is 6.92 Å². The summed E-state index contributed by atoms with van der Waals surface area (Å²) in [5.74, 6) is 1.28. The number of aryl methyl sites for hydroxylation is 1. The quantitative estimate of drug-likeness (QED) is 0.783. The molecule has 1 aliphatic rings. The fourth-order valence-electron chi connectivity index (χ4n) is 1.63. The van der Waals surface area contributed by atoms with E-state index in [2.05, 4.69) is 17.3 Å². The first kappa shape index (κ1) is 8.94. The maximum Gasteiger partial charge on any atom is 0.0728 e. The maximum absolute atomic E-state index is 4.13. The minimum Gasteiger partial charge on any atom is -0.379 e. The lowest BCUT2D eigenvalue weighted by Gasteiger charge is -2.15. The molecule has 0 aromatic carbocycles. The molecule has 0 radical (unpaired) electrons. The second-order valence-corrected chi connectivity index (χ2v) is 5.00. The van der Waals surface area contributed by atoms with E-state index in [4.69, 9.17) is 0 Å². The molecule has 1 saturated heterocycles. The summed E-state index contributed by atoms with van der Waals surface area (Å²) in [6, 6.07) is 0.620. The van der Waals surface area contributed by atoms with Gasteiger partial charge in [0.25, 0.3) is 0 Å². The van der Waals surface area contributed by atoms with E-state index in [0.29, 0.717) is 6.04 Å². The van der Waals surface area contributed by atoms with Crippen LogP contribution in [0.1, 0.15) is 13.3 Å². The van der Waals surface area contributed by atoms with Crippen LogP contribution in [0, 0.1) is 0 Å². The van der Waals surface area contributed by atoms with Crippen molar-refractivity contribution < 1.29 is 0 Å². The van der Waals surface area contributed by atoms with Crippen molar-refractivity contribution in [1.82, 2.24) is 9.78 Å². The highest BCUT2D eigenvalue weighted by molar-refractivity contribution is 8.00. The van der Waals surface area contributed by atoms with E-state index in [0.717, 1.165) is 10.9 Å². The molecule has 72 valence electrons. The zero-order valence-corrected chi connectivity index (χ0v) is 8.84. The first-order valence-electron chi connectivity index (χ1n) is 4.62. The van der Waals surface area contributed by atoms with Crippen LogP contribution in [0.4, 0.5) is 5.69 Å². The summed E-state index contributed by atoms with van der Waals surface area (Å²) in [5.41, 5.74) is 1.14. The summed E-state index contributed by atoms with van der Waals surface area (Å²) in [6.45, 7) is 2.28. The standard InChI is InChI=1S/C9H15N3S/c1-7-9(3-4-13-7)11-8-5-10-12(2)6-8/h5-7,9,11H,3-4H2,1-2H3. The maximum atomic E-state index is 4.13. The third kappa shape index (κ3) is 1.99. The average Bonchev–Trinajstić information content (AvgIpc) is 2.64. The molecule has 1 aromatic heterocycles. The molecule has 4 heteroatoms. The summed E-state index contributed by atoms with van der Waals surface area (Å²) in [5, 5.41) is 8.36. The van der Waals surface area contributed by atoms with E-state index in [1.54, 1.807) is 0 Å². The van der Waals surface area contributed by atoms with Crippen molar-refractivity contribution in [3.8, 4) is 0 Å². The highest BCUT2D eigenvalue weighted by Gasteiger charge is 2.23. The van der Waals surface area contributed by atoms with Crippen LogP contribution in [0.3, 0.4) is 0 Å². The Balaban J connectivity index is 1.97. The zero-order chi connectivity index (χ0) is 9.26. The Hall–Kier alpha value is -0.640. The first-order valence-corrected chi connectivity index (χ1v) is 5.67. The third-order valence-corrected chi connectivity index (χ3v) is 3.76. The Kier molecular flexibility index (Phi) is 2.49. The third-order valence-electron chi connectivity index (χ3n) is 2.43. The van der Waals surface area contributed by atoms with Crippen LogP contribution in [0.5, 0.6) is 0 Å². The molecule has 2 rings (SSSR count). The van der Waals surface area contributed by atoms with Crippen molar-refractivity contribution in [3.63, 3.8) is 0 Å². The Morgan fingerprint density at radius 3 is 3.08 bits per heavy atom. The predicted molar refractivity (Wildman–Crippen MR) is 57.2 cm³/mol. The van der Waals surface area contributed by atoms with Gasteiger partial charge in [0.15, 0.2) is 0 Å². The topological polar surface area (TPSA) is 29.9 Å². The number of hydrogen-bond donors (Lipinski definition) is 1. The predicted octanol–water partition coefficient (Wildman–Crippen LogP) is 1.73. The van der Waals surface area contributed by atoms with Crippen molar-refractivity contribution in [2.24, 2.45) is 7.05 Å². The number of nitrogens with zero attached hydrogens (tertiary/aromatic N) is 2. The fourth-order valence-corrected chi connectivity index (χ4v) is 2.83. The summed E-state index contributed by atoms with van der Waals surface area (Å²) in [7, 11) is 1.94. The molecule has 2 heterocycles. The van der Waals surface area contributed by atoms with Crippen LogP contribution in [0.25, 0.3) is 0 Å². The minimum atomic E-state index is 0.620. The minimum absolute atomic E-state index is 0.620. The summed E-state index contributed by atoms with van der Waals surface area (Å²) < 4.78 is 1.83. The smallest absolute Gasteiger partial charge is 0.0728 e. The second kappa shape index (κ2) is 3.62. The van der Waals surface area contributed by atoms with E-state index in [9.17, 15) is 0 Å². The lowest BCUT2D eigenvalue weighted by molar-refractivity contribution is 0.723. The number of rotatable bonds is 2. The van der Waals surface area contributed by atoms with Gasteiger partial charge in [-0.25, -0.2) is 0 Å². The molecule has 0 saturated carbocycles. The van der Waals surface area contributed by atoms with Crippen LogP contribution in [-0.4, -0.2) is 26.8 Å². The van der Waals surface area contributed by atoms with Gasteiger partial charge in [0.1, 0.15) is 0 Å². The zero-order valence-electron chi connectivity index (χ0n) is 8.03. The van der Waals surface area contributed by atoms with Gasteiger partial charge in [0.05, 0.1) is 11.9 Å². The van der Waals surface area contributed by atoms with E-state index in [-0.39, 0.29) is 0 Å². The first-order chi connectivity index (χ1) is 6.25. The Morgan fingerprint density at radius 2 is 2.54 bits per heavy atom. The molecule has 1 fully saturated rings. The van der Waals surface area contributed by atoms with Gasteiger partial charge in [-0.15, -0.1) is 0 Å². The lowest BCUT2D eigenvalue weighted by Crippen LogP contribution is -2.24. The lowest BCUT2D eigenvalue weighted by atomic mass is 10.2. The van der Waals surface area contributed by atoms with Crippen molar-refractivity contribution in [2.45, 2.75) is 24.6 Å². The van der Waals surface area contributed by atoms with Crippen LogP contribution in [0.15, 0.2) is 12.4 Å². The second-order valence-electron chi connectivity index (χ2n) is 3.52. The van der Waals surface area contributed by atoms with Gasteiger partial charge in [-0.05, 0) is 12.2 Å². The molecule has 3 nitrogen and oxygen atoms in total. The summed E-state index contributed by atoms with van der Waals surface area (Å²) in [4.78, 5) is 0. The van der Waals surface area contributed by atoms with E-state index in [1.807, 2.05) is 35.9 Å². The molecular weight excluding hydrogens is 182 g/mol. The number of nitrogens with one attached hydrogen (secondary N) is 1. The molecule has 0 bridgehead atoms. The molecule has 0 spiro atoms. The van der Waals surface area contributed by atoms with Gasteiger partial charge < -0.3 is 5.32 Å². The molecule has 0 aliphatic carbocycles. The van der Waals surface area contributed by atoms with E-state index >= 15 is 0 Å². The molecule has 13 heavy (non-hydrogen) atoms. The molecule has 1 aliphatic heterocycles. The van der Waals surface area contributed by atoms with Gasteiger partial charge in [-0.3, -0.25) is 4.68 Å². The van der Waals surface area contributed by atoms with E-state index < -0.39 is 0 Å². The normalized spacial score (nSPS) is 27.8. The highest BCUT2D eigenvalue weighted by atomic mass is 32.2. The van der Waals surface area contributed by atoms with Gasteiger partial charge >= 0.3 is 0 Å². The van der Waals surface area contributed by atoms with Crippen LogP contribution in [0.2, 0.25) is 0 Å². The van der Waals surface area contributed by atoms with Crippen LogP contribution in [-0.2, 0) is 7.05 Å². The summed E-state index contributed by atoms with van der Waals surface area (Å²) >= 11 is 2.04. The monoisotopic (exact) mass is 197 g/mol. The number of aromatic nitrogens is 2. The van der Waals surface area contributed by atoms with E-state index in [1.165, 1.54) is 12.2 Å². The molecule has 0 amide bonds. The van der Waals surface area contributed by atoms with Crippen molar-refractivity contribution in [2.75, 3.05) is 11.1 Å². The SMILES string of the molecule is CC1SCCC1Nc1cnn(C)c1. The van der Waals surface area contributed by atoms with Gasteiger partial charge in [0.2, 0.25) is 0 Å². The van der Waals surface area contributed by atoms with Crippen molar-refractivity contribution in [3.05, 3.63) is 12.4 Å². The number of anilines is 1. The highest BCUT2D eigenvalue weighted by Crippen LogP contribution is 2.28. The largest absolute Gasteiger partial charge is 0.379 e. The van der Waals surface area contributed by atoms with Gasteiger partial charge in [-0.2, -0.15) is 16.9 Å². The average molecular weight is 197 g/mol. The van der Waals surface area contributed by atoms with Crippen molar-refractivity contribution >= 4 is 17.4 Å². The van der Waals surface area contributed by atoms with Gasteiger partial charge in [0, 0.05) is 24.5 Å². The number of hydrogen-bond acceptors (Lipinski definition) is 3. The molecular formula is C9H15N3S. The van der Waals surface area contributed by atoms with Crippen LogP contribution >= 0.6 is 11.8 Å². The number of thioether (sulfide) groups is 1. The Bertz CT molecular complexity index is 284. The molecule has 1 N–H and O–H groups in total. The molecule has 2 unspecified atom stereocenters. The van der Waals surface area contributed by atoms with Crippen LogP contribution < -0.4 is 5.32 Å². The Labute approximate surface area is 82.9 Å². The fraction of sp³-hybridized carbons (Fsp3) is 0.667. The Morgan fingerprint density at radius 1 is 1.69 bits per heavy atom.